The summed E-state index contributed by atoms with van der Waals surface area (Å²) in [5.74, 6) is -3.36. The van der Waals surface area contributed by atoms with Crippen LogP contribution < -0.4 is 10.9 Å². The number of carboxylic acid groups (broad SMARTS) is 1. The molecule has 0 bridgehead atoms. The van der Waals surface area contributed by atoms with Crippen LogP contribution in [0.4, 0.5) is 0 Å². The van der Waals surface area contributed by atoms with Gasteiger partial charge < -0.3 is 5.11 Å². The molecule has 0 spiro atoms. The largest absolute Gasteiger partial charge is 0.481 e. The number of rotatable bonds is 3. The van der Waals surface area contributed by atoms with Crippen LogP contribution in [-0.2, 0) is 9.59 Å². The van der Waals surface area contributed by atoms with Crippen molar-refractivity contribution in [1.82, 2.24) is 10.9 Å². The molecule has 1 heterocycles. The lowest BCUT2D eigenvalue weighted by Crippen LogP contribution is -2.48. The van der Waals surface area contributed by atoms with Gasteiger partial charge in [0.05, 0.1) is 17.4 Å². The Hall–Kier alpha value is -2.67. The first kappa shape index (κ1) is 18.1. The number of hydrogen-bond acceptors (Lipinski definition) is 4. The van der Waals surface area contributed by atoms with Crippen molar-refractivity contribution in [2.75, 3.05) is 0 Å². The van der Waals surface area contributed by atoms with Crippen molar-refractivity contribution in [1.29, 1.82) is 0 Å². The smallest absolute Gasteiger partial charge is 0.307 e. The second-order valence-electron chi connectivity index (χ2n) is 6.61. The van der Waals surface area contributed by atoms with Crippen molar-refractivity contribution in [3.8, 4) is 0 Å². The zero-order chi connectivity index (χ0) is 18.8. The zero-order valence-corrected chi connectivity index (χ0v) is 15.4. The minimum Gasteiger partial charge on any atom is -0.481 e. The van der Waals surface area contributed by atoms with Gasteiger partial charge in [-0.25, -0.2) is 0 Å². The van der Waals surface area contributed by atoms with Gasteiger partial charge in [0.15, 0.2) is 0 Å². The molecule has 0 unspecified atom stereocenters. The third-order valence-corrected chi connectivity index (χ3v) is 5.91. The molecule has 136 valence electrons. The molecule has 0 saturated carbocycles. The van der Waals surface area contributed by atoms with Gasteiger partial charge >= 0.3 is 5.97 Å². The van der Waals surface area contributed by atoms with Crippen molar-refractivity contribution >= 4 is 39.2 Å². The molecule has 1 aromatic carbocycles. The highest BCUT2D eigenvalue weighted by molar-refractivity contribution is 7.17. The maximum atomic E-state index is 12.5. The van der Waals surface area contributed by atoms with Crippen LogP contribution in [0.2, 0.25) is 0 Å². The molecule has 0 saturated heterocycles. The number of amides is 2. The minimum atomic E-state index is -0.993. The summed E-state index contributed by atoms with van der Waals surface area (Å²) in [5.41, 5.74) is 7.34. The quantitative estimate of drug-likeness (QED) is 0.570. The summed E-state index contributed by atoms with van der Waals surface area (Å²) < 4.78 is 0.985. The van der Waals surface area contributed by atoms with Gasteiger partial charge in [-0.05, 0) is 32.8 Å². The number of allylic oxidation sites excluding steroid dienone is 2. The molecule has 1 aliphatic carbocycles. The zero-order valence-electron chi connectivity index (χ0n) is 14.5. The lowest BCUT2D eigenvalue weighted by Gasteiger charge is -2.29. The van der Waals surface area contributed by atoms with Crippen LogP contribution in [0.3, 0.4) is 0 Å². The van der Waals surface area contributed by atoms with Gasteiger partial charge in [0.1, 0.15) is 0 Å². The van der Waals surface area contributed by atoms with E-state index in [1.807, 2.05) is 38.1 Å². The fraction of sp³-hybridized carbons (Fsp3) is 0.316. The maximum absolute atomic E-state index is 12.5. The van der Waals surface area contributed by atoms with Crippen molar-refractivity contribution < 1.29 is 19.5 Å². The van der Waals surface area contributed by atoms with Crippen LogP contribution in [0, 0.1) is 11.8 Å². The molecule has 1 aliphatic rings. The standard InChI is InChI=1S/C19H20N2O4S/c1-10-7-13(14(19(24)25)8-11(10)2)17(22)20-21-18(23)15-9-26-16-6-4-3-5-12(15)16/h3-6,9,13-14H,7-8H2,1-2H3,(H,20,22)(H,21,23)(H,24,25)/t13-,14+/m1/s1. The Morgan fingerprint density at radius 3 is 2.38 bits per heavy atom. The van der Waals surface area contributed by atoms with Gasteiger partial charge in [-0.2, -0.15) is 0 Å². The monoisotopic (exact) mass is 372 g/mol. The summed E-state index contributed by atoms with van der Waals surface area (Å²) in [7, 11) is 0. The van der Waals surface area contributed by atoms with E-state index in [4.69, 9.17) is 0 Å². The molecule has 7 heteroatoms. The first-order chi connectivity index (χ1) is 12.4. The third kappa shape index (κ3) is 3.48. The molecule has 2 atom stereocenters. The number of hydrogen-bond donors (Lipinski definition) is 3. The average Bonchev–Trinajstić information content (AvgIpc) is 3.05. The van der Waals surface area contributed by atoms with Gasteiger partial charge in [0.2, 0.25) is 5.91 Å². The summed E-state index contributed by atoms with van der Waals surface area (Å²) in [5, 5.41) is 12.0. The van der Waals surface area contributed by atoms with E-state index in [2.05, 4.69) is 10.9 Å². The summed E-state index contributed by atoms with van der Waals surface area (Å²) in [6.07, 6.45) is 0.730. The Morgan fingerprint density at radius 1 is 1.04 bits per heavy atom. The van der Waals surface area contributed by atoms with Crippen molar-refractivity contribution in [3.05, 3.63) is 46.4 Å². The summed E-state index contributed by atoms with van der Waals surface area (Å²) in [6.45, 7) is 3.80. The Kier molecular flexibility index (Phi) is 5.08. The fourth-order valence-electron chi connectivity index (χ4n) is 3.26. The van der Waals surface area contributed by atoms with Crippen LogP contribution in [-0.4, -0.2) is 22.9 Å². The van der Waals surface area contributed by atoms with Gasteiger partial charge in [0.25, 0.3) is 5.91 Å². The maximum Gasteiger partial charge on any atom is 0.307 e. The number of carbonyl (C=O) groups is 3. The SMILES string of the molecule is CC1=C(C)C[C@@H](C(=O)NNC(=O)c2csc3ccccc23)[C@@H](C(=O)O)C1. The first-order valence-electron chi connectivity index (χ1n) is 8.33. The molecule has 3 N–H and O–H groups in total. The Balaban J connectivity index is 1.70. The van der Waals surface area contributed by atoms with Crippen LogP contribution in [0.5, 0.6) is 0 Å². The average molecular weight is 372 g/mol. The second-order valence-corrected chi connectivity index (χ2v) is 7.52. The number of hydrazine groups is 1. The second kappa shape index (κ2) is 7.29. The molecular weight excluding hydrogens is 352 g/mol. The topological polar surface area (TPSA) is 95.5 Å². The molecule has 0 aliphatic heterocycles. The number of carbonyl (C=O) groups excluding carboxylic acids is 2. The Morgan fingerprint density at radius 2 is 1.69 bits per heavy atom. The highest BCUT2D eigenvalue weighted by Gasteiger charge is 2.37. The predicted octanol–water partition coefficient (Wildman–Crippen LogP) is 3.11. The van der Waals surface area contributed by atoms with Gasteiger partial charge in [0, 0.05) is 15.5 Å². The summed E-state index contributed by atoms with van der Waals surface area (Å²) in [6, 6.07) is 7.52. The number of carboxylic acids is 1. The van der Waals surface area contributed by atoms with Crippen LogP contribution in [0.25, 0.3) is 10.1 Å². The Labute approximate surface area is 154 Å². The lowest BCUT2D eigenvalue weighted by molar-refractivity contribution is -0.147. The fourth-order valence-corrected chi connectivity index (χ4v) is 4.20. The highest BCUT2D eigenvalue weighted by Crippen LogP contribution is 2.34. The molecule has 2 amide bonds. The summed E-state index contributed by atoms with van der Waals surface area (Å²) >= 11 is 1.45. The van der Waals surface area contributed by atoms with Crippen LogP contribution >= 0.6 is 11.3 Å². The molecular formula is C19H20N2O4S. The van der Waals surface area contributed by atoms with Gasteiger partial charge in [-0.1, -0.05) is 29.3 Å². The van der Waals surface area contributed by atoms with Crippen molar-refractivity contribution in [2.45, 2.75) is 26.7 Å². The van der Waals surface area contributed by atoms with E-state index in [0.29, 0.717) is 18.4 Å². The highest BCUT2D eigenvalue weighted by atomic mass is 32.1. The number of thiophene rings is 1. The lowest BCUT2D eigenvalue weighted by atomic mass is 9.76. The number of fused-ring (bicyclic) bond motifs is 1. The van der Waals surface area contributed by atoms with Crippen LogP contribution in [0.1, 0.15) is 37.0 Å². The van der Waals surface area contributed by atoms with E-state index in [-0.39, 0.29) is 0 Å². The van der Waals surface area contributed by atoms with Gasteiger partial charge in [-0.3, -0.25) is 25.2 Å². The van der Waals surface area contributed by atoms with E-state index in [9.17, 15) is 19.5 Å². The predicted molar refractivity (Wildman–Crippen MR) is 99.7 cm³/mol. The van der Waals surface area contributed by atoms with E-state index < -0.39 is 29.6 Å². The molecule has 26 heavy (non-hydrogen) atoms. The molecule has 2 aromatic rings. The third-order valence-electron chi connectivity index (χ3n) is 4.95. The van der Waals surface area contributed by atoms with E-state index in [0.717, 1.165) is 21.2 Å². The number of nitrogens with one attached hydrogen (secondary N) is 2. The first-order valence-corrected chi connectivity index (χ1v) is 9.21. The molecule has 1 aromatic heterocycles. The van der Waals surface area contributed by atoms with Crippen LogP contribution in [0.15, 0.2) is 40.8 Å². The van der Waals surface area contributed by atoms with E-state index in [1.54, 1.807) is 5.38 Å². The van der Waals surface area contributed by atoms with Gasteiger partial charge in [-0.15, -0.1) is 11.3 Å². The molecule has 0 radical (unpaired) electrons. The van der Waals surface area contributed by atoms with Crippen molar-refractivity contribution in [3.63, 3.8) is 0 Å². The number of aliphatic carboxylic acids is 1. The summed E-state index contributed by atoms with van der Waals surface area (Å²) in [4.78, 5) is 36.4. The van der Waals surface area contributed by atoms with Crippen molar-refractivity contribution in [2.24, 2.45) is 11.8 Å². The number of benzene rings is 1. The molecule has 0 fully saturated rings. The van der Waals surface area contributed by atoms with E-state index >= 15 is 0 Å². The van der Waals surface area contributed by atoms with E-state index in [1.165, 1.54) is 11.3 Å². The minimum absolute atomic E-state index is 0.350. The normalized spacial score (nSPS) is 20.1. The Bertz CT molecular complexity index is 915. The molecule has 6 nitrogen and oxygen atoms in total. The molecule has 3 rings (SSSR count).